The van der Waals surface area contributed by atoms with E-state index in [-0.39, 0.29) is 16.5 Å². The van der Waals surface area contributed by atoms with E-state index in [0.717, 1.165) is 18.5 Å². The zero-order valence-corrected chi connectivity index (χ0v) is 17.6. The lowest BCUT2D eigenvalue weighted by molar-refractivity contribution is 0.296. The van der Waals surface area contributed by atoms with Crippen LogP contribution < -0.4 is 19.5 Å². The van der Waals surface area contributed by atoms with E-state index in [2.05, 4.69) is 26.9 Å². The molecule has 0 aliphatic carbocycles. The number of sulfonamides is 1. The molecule has 10 heteroatoms. The first-order valence-electron chi connectivity index (χ1n) is 9.44. The van der Waals surface area contributed by atoms with Crippen molar-refractivity contribution in [2.45, 2.75) is 18.2 Å². The number of anilines is 1. The Labute approximate surface area is 175 Å². The lowest BCUT2D eigenvalue weighted by Crippen LogP contribution is -2.21. The van der Waals surface area contributed by atoms with E-state index >= 15 is 0 Å². The Morgan fingerprint density at radius 3 is 2.57 bits per heavy atom. The Hall–Kier alpha value is -3.11. The van der Waals surface area contributed by atoms with Crippen molar-refractivity contribution in [2.75, 3.05) is 31.5 Å². The molecule has 0 aliphatic rings. The maximum Gasteiger partial charge on any atom is 0.262 e. The highest BCUT2D eigenvalue weighted by Gasteiger charge is 2.18. The molecular weight excluding hydrogens is 408 g/mol. The van der Waals surface area contributed by atoms with Crippen LogP contribution in [0, 0.1) is 0 Å². The van der Waals surface area contributed by atoms with Gasteiger partial charge in [-0.3, -0.25) is 4.72 Å². The summed E-state index contributed by atoms with van der Waals surface area (Å²) in [7, 11) is -2.42. The maximum absolute atomic E-state index is 12.8. The predicted octanol–water partition coefficient (Wildman–Crippen LogP) is 2.92. The highest BCUT2D eigenvalue weighted by molar-refractivity contribution is 7.92. The van der Waals surface area contributed by atoms with Crippen molar-refractivity contribution in [2.24, 2.45) is 0 Å². The monoisotopic (exact) mass is 432 g/mol. The van der Waals surface area contributed by atoms with Gasteiger partial charge in [-0.05, 0) is 43.3 Å². The summed E-state index contributed by atoms with van der Waals surface area (Å²) >= 11 is 0. The molecule has 0 saturated carbocycles. The molecular formula is C20H24N4O5S. The topological polar surface area (TPSA) is 116 Å². The number of rotatable bonds is 11. The molecule has 2 heterocycles. The smallest absolute Gasteiger partial charge is 0.262 e. The lowest BCUT2D eigenvalue weighted by atomic mass is 10.2. The van der Waals surface area contributed by atoms with Crippen molar-refractivity contribution < 1.29 is 22.3 Å². The molecule has 0 atom stereocenters. The third kappa shape index (κ3) is 5.49. The van der Waals surface area contributed by atoms with Crippen LogP contribution in [-0.2, 0) is 10.0 Å². The Bertz CT molecular complexity index is 1040. The largest absolute Gasteiger partial charge is 0.479 e. The highest BCUT2D eigenvalue weighted by atomic mass is 32.2. The number of hydrogen-bond donors (Lipinski definition) is 2. The van der Waals surface area contributed by atoms with Crippen LogP contribution in [-0.4, -0.2) is 45.2 Å². The number of aromatic nitrogens is 2. The van der Waals surface area contributed by atoms with E-state index < -0.39 is 10.0 Å². The van der Waals surface area contributed by atoms with Crippen LogP contribution in [0.25, 0.3) is 11.3 Å². The quantitative estimate of drug-likeness (QED) is 0.445. The van der Waals surface area contributed by atoms with Gasteiger partial charge in [0.05, 0.1) is 18.2 Å². The van der Waals surface area contributed by atoms with Gasteiger partial charge in [-0.1, -0.05) is 6.92 Å². The molecule has 2 N–H and O–H groups in total. The fraction of sp³-hybridized carbons (Fsp3) is 0.300. The molecule has 0 spiro atoms. The molecule has 3 aromatic rings. The first kappa shape index (κ1) is 21.6. The van der Waals surface area contributed by atoms with Crippen molar-refractivity contribution >= 4 is 15.7 Å². The van der Waals surface area contributed by atoms with E-state index in [1.165, 1.54) is 25.6 Å². The first-order chi connectivity index (χ1) is 14.5. The van der Waals surface area contributed by atoms with Crippen LogP contribution in [0.3, 0.4) is 0 Å². The first-order valence-corrected chi connectivity index (χ1v) is 10.9. The average Bonchev–Trinajstić information content (AvgIpc) is 3.29. The van der Waals surface area contributed by atoms with E-state index in [4.69, 9.17) is 13.9 Å². The summed E-state index contributed by atoms with van der Waals surface area (Å²) in [5.41, 5.74) is 0.939. The van der Waals surface area contributed by atoms with Gasteiger partial charge in [-0.2, -0.15) is 4.98 Å². The molecule has 3 rings (SSSR count). The minimum Gasteiger partial charge on any atom is -0.479 e. The van der Waals surface area contributed by atoms with E-state index in [1.54, 1.807) is 30.5 Å². The Morgan fingerprint density at radius 1 is 1.10 bits per heavy atom. The summed E-state index contributed by atoms with van der Waals surface area (Å²) in [6.45, 7) is 4.14. The fourth-order valence-corrected chi connectivity index (χ4v) is 3.68. The number of oxazole rings is 1. The zero-order valence-electron chi connectivity index (χ0n) is 16.8. The molecule has 2 aromatic heterocycles. The molecule has 9 nitrogen and oxygen atoms in total. The number of nitrogens with one attached hydrogen (secondary N) is 2. The second-order valence-electron chi connectivity index (χ2n) is 6.30. The minimum atomic E-state index is -3.84. The highest BCUT2D eigenvalue weighted by Crippen LogP contribution is 2.28. The van der Waals surface area contributed by atoms with Crippen molar-refractivity contribution in [1.29, 1.82) is 0 Å². The second-order valence-corrected chi connectivity index (χ2v) is 7.98. The number of benzene rings is 1. The van der Waals surface area contributed by atoms with Crippen molar-refractivity contribution in [3.63, 3.8) is 0 Å². The summed E-state index contributed by atoms with van der Waals surface area (Å²) in [5, 5.41) is 3.22. The van der Waals surface area contributed by atoms with Crippen LogP contribution in [0.5, 0.6) is 11.8 Å². The molecule has 0 saturated heterocycles. The van der Waals surface area contributed by atoms with Gasteiger partial charge in [0.2, 0.25) is 11.8 Å². The summed E-state index contributed by atoms with van der Waals surface area (Å²) in [5.74, 6) is 1.03. The zero-order chi connectivity index (χ0) is 21.4. The molecule has 160 valence electrons. The molecule has 0 amide bonds. The maximum atomic E-state index is 12.8. The number of hydrogen-bond acceptors (Lipinski definition) is 8. The van der Waals surface area contributed by atoms with Crippen LogP contribution in [0.2, 0.25) is 0 Å². The Morgan fingerprint density at radius 2 is 1.90 bits per heavy atom. The fourth-order valence-electron chi connectivity index (χ4n) is 2.63. The normalized spacial score (nSPS) is 11.3. The van der Waals surface area contributed by atoms with Gasteiger partial charge in [0.1, 0.15) is 12.3 Å². The van der Waals surface area contributed by atoms with Crippen molar-refractivity contribution in [3.8, 4) is 23.1 Å². The van der Waals surface area contributed by atoms with Crippen LogP contribution in [0.15, 0.2) is 58.3 Å². The average molecular weight is 433 g/mol. The van der Waals surface area contributed by atoms with Gasteiger partial charge in [-0.15, -0.1) is 0 Å². The summed E-state index contributed by atoms with van der Waals surface area (Å²) in [4.78, 5) is 8.16. The van der Waals surface area contributed by atoms with E-state index in [0.29, 0.717) is 24.8 Å². The lowest BCUT2D eigenvalue weighted by Gasteiger charge is -2.13. The molecule has 0 unspecified atom stereocenters. The molecule has 0 aliphatic heterocycles. The van der Waals surface area contributed by atoms with Crippen LogP contribution >= 0.6 is 0 Å². The third-order valence-corrected chi connectivity index (χ3v) is 5.49. The summed E-state index contributed by atoms with van der Waals surface area (Å²) in [6, 6.07) is 9.41. The molecule has 0 fully saturated rings. The van der Waals surface area contributed by atoms with Gasteiger partial charge in [-0.25, -0.2) is 13.4 Å². The number of methoxy groups -OCH3 is 1. The SMILES string of the molecule is CCCNCCOc1ccc(NS(=O)(=O)c2ccc(-c3cnco3)cc2)c(OC)n1. The third-order valence-electron chi connectivity index (χ3n) is 4.11. The number of pyridine rings is 1. The van der Waals surface area contributed by atoms with Gasteiger partial charge >= 0.3 is 0 Å². The minimum absolute atomic E-state index is 0.0927. The van der Waals surface area contributed by atoms with Gasteiger partial charge in [0.15, 0.2) is 12.2 Å². The molecule has 0 radical (unpaired) electrons. The van der Waals surface area contributed by atoms with Crippen LogP contribution in [0.1, 0.15) is 13.3 Å². The standard InChI is InChI=1S/C20H24N4O5S/c1-3-10-21-11-12-28-19-9-8-17(20(23-19)27-2)24-30(25,26)16-6-4-15(5-7-16)18-13-22-14-29-18/h4-9,13-14,21,24H,3,10-12H2,1-2H3. The summed E-state index contributed by atoms with van der Waals surface area (Å²) < 4.78 is 44.0. The summed E-state index contributed by atoms with van der Waals surface area (Å²) in [6.07, 6.45) is 3.92. The van der Waals surface area contributed by atoms with Crippen LogP contribution in [0.4, 0.5) is 5.69 Å². The van der Waals surface area contributed by atoms with Gasteiger partial charge < -0.3 is 19.2 Å². The van der Waals surface area contributed by atoms with Crippen molar-refractivity contribution in [1.82, 2.24) is 15.3 Å². The van der Waals surface area contributed by atoms with Crippen molar-refractivity contribution in [3.05, 3.63) is 49.0 Å². The van der Waals surface area contributed by atoms with Gasteiger partial charge in [0, 0.05) is 18.2 Å². The predicted molar refractivity (Wildman–Crippen MR) is 112 cm³/mol. The Balaban J connectivity index is 1.69. The number of nitrogens with zero attached hydrogens (tertiary/aromatic N) is 2. The number of ether oxygens (including phenoxy) is 2. The van der Waals surface area contributed by atoms with E-state index in [1.807, 2.05) is 0 Å². The second kappa shape index (κ2) is 10.1. The molecule has 0 bridgehead atoms. The van der Waals surface area contributed by atoms with Gasteiger partial charge in [0.25, 0.3) is 10.0 Å². The molecule has 30 heavy (non-hydrogen) atoms. The Kier molecular flexibility index (Phi) is 7.26. The van der Waals surface area contributed by atoms with E-state index in [9.17, 15) is 8.42 Å². The molecule has 1 aromatic carbocycles.